The third-order valence-electron chi connectivity index (χ3n) is 11.7. The van der Waals surface area contributed by atoms with Crippen LogP contribution in [0.2, 0.25) is 0 Å². The first kappa shape index (κ1) is 32.1. The van der Waals surface area contributed by atoms with Gasteiger partial charge in [-0.1, -0.05) is 91.0 Å². The fraction of sp³-hybridized carbons (Fsp3) is 0.0189. The molecule has 4 heterocycles. The summed E-state index contributed by atoms with van der Waals surface area (Å²) >= 11 is 1.86. The maximum Gasteiger partial charge on any atom is 0.0708 e. The highest BCUT2D eigenvalue weighted by Gasteiger charge is 2.21. The van der Waals surface area contributed by atoms with Crippen molar-refractivity contribution in [3.63, 3.8) is 0 Å². The number of fused-ring (bicyclic) bond motifs is 9. The Bertz CT molecular complexity index is 3380. The quantitative estimate of drug-likeness (QED) is 0.176. The minimum atomic E-state index is 0.951. The third-order valence-corrected chi connectivity index (χ3v) is 12.9. The second-order valence-electron chi connectivity index (χ2n) is 15.0. The standard InChI is InChI=1S/C53H33N3S/c1-2-10-41(49-13-6-8-26-55-49)40(9-1)37-20-23-51-46(30-37)45-29-34(19-22-50(45)56(51)39-21-24-53-47(32-39)42-11-3-4-14-52(42)57-53)33-15-16-35-27-36-17-18-38(31-44(36)43(35)28-33)48-12-5-7-25-54-48/h1-26,28-32H,27H2. The van der Waals surface area contributed by atoms with Crippen LogP contribution in [0, 0.1) is 0 Å². The first-order valence-corrected chi connectivity index (χ1v) is 20.2. The molecular formula is C53H33N3S. The van der Waals surface area contributed by atoms with Crippen LogP contribution in [0.5, 0.6) is 0 Å². The van der Waals surface area contributed by atoms with Crippen molar-refractivity contribution in [2.24, 2.45) is 0 Å². The molecule has 57 heavy (non-hydrogen) atoms. The minimum absolute atomic E-state index is 0.951. The fourth-order valence-corrected chi connectivity index (χ4v) is 10.1. The van der Waals surface area contributed by atoms with Crippen LogP contribution in [0.25, 0.3) is 104 Å². The molecule has 1 aliphatic rings. The van der Waals surface area contributed by atoms with Crippen LogP contribution in [-0.2, 0) is 6.42 Å². The average Bonchev–Trinajstić information content (AvgIpc) is 3.95. The molecule has 0 bridgehead atoms. The van der Waals surface area contributed by atoms with E-state index in [-0.39, 0.29) is 0 Å². The van der Waals surface area contributed by atoms with Crippen LogP contribution in [-0.4, -0.2) is 14.5 Å². The summed E-state index contributed by atoms with van der Waals surface area (Å²) in [4.78, 5) is 9.37. The van der Waals surface area contributed by atoms with E-state index in [0.717, 1.165) is 28.9 Å². The number of benzene rings is 7. The van der Waals surface area contributed by atoms with E-state index >= 15 is 0 Å². The molecule has 0 saturated carbocycles. The van der Waals surface area contributed by atoms with Crippen LogP contribution in [0.4, 0.5) is 0 Å². The van der Waals surface area contributed by atoms with Crippen molar-refractivity contribution in [2.75, 3.05) is 0 Å². The smallest absolute Gasteiger partial charge is 0.0708 e. The highest BCUT2D eigenvalue weighted by Crippen LogP contribution is 2.44. The van der Waals surface area contributed by atoms with Crippen LogP contribution < -0.4 is 0 Å². The largest absolute Gasteiger partial charge is 0.309 e. The van der Waals surface area contributed by atoms with Gasteiger partial charge in [-0.15, -0.1) is 11.3 Å². The average molecular weight is 744 g/mol. The zero-order valence-electron chi connectivity index (χ0n) is 30.9. The molecule has 0 N–H and O–H groups in total. The second kappa shape index (κ2) is 12.7. The van der Waals surface area contributed by atoms with Gasteiger partial charge in [-0.2, -0.15) is 0 Å². The van der Waals surface area contributed by atoms with Crippen molar-refractivity contribution in [2.45, 2.75) is 6.42 Å². The SMILES string of the molecule is c1ccc(-c2ccc3c(c2)-c2cc(-c4ccc5c(c4)c4cc(-c6ccccc6-c6ccccn6)ccc4n5-c4ccc5sc6ccccc6c5c4)ccc2C3)nc1. The van der Waals surface area contributed by atoms with Gasteiger partial charge in [0.15, 0.2) is 0 Å². The molecule has 0 amide bonds. The van der Waals surface area contributed by atoms with Crippen molar-refractivity contribution in [1.29, 1.82) is 0 Å². The topological polar surface area (TPSA) is 30.7 Å². The molecule has 3 nitrogen and oxygen atoms in total. The van der Waals surface area contributed by atoms with E-state index in [2.05, 4.69) is 173 Å². The van der Waals surface area contributed by atoms with E-state index in [1.807, 2.05) is 35.9 Å². The Balaban J connectivity index is 1.05. The van der Waals surface area contributed by atoms with Gasteiger partial charge in [-0.05, 0) is 136 Å². The van der Waals surface area contributed by atoms with Crippen molar-refractivity contribution in [3.05, 3.63) is 199 Å². The molecule has 0 fully saturated rings. The van der Waals surface area contributed by atoms with Gasteiger partial charge in [0.25, 0.3) is 0 Å². The normalized spacial score (nSPS) is 12.1. The van der Waals surface area contributed by atoms with E-state index in [0.29, 0.717) is 0 Å². The Kier molecular flexibility index (Phi) is 7.16. The summed E-state index contributed by atoms with van der Waals surface area (Å²) in [6.07, 6.45) is 4.69. The van der Waals surface area contributed by atoms with E-state index < -0.39 is 0 Å². The first-order valence-electron chi connectivity index (χ1n) is 19.4. The zero-order valence-corrected chi connectivity index (χ0v) is 31.7. The van der Waals surface area contributed by atoms with Crippen LogP contribution in [0.3, 0.4) is 0 Å². The lowest BCUT2D eigenvalue weighted by atomic mass is 9.95. The number of thiophene rings is 1. The van der Waals surface area contributed by atoms with Gasteiger partial charge in [0.05, 0.1) is 22.4 Å². The van der Waals surface area contributed by atoms with E-state index in [1.165, 1.54) is 92.2 Å². The molecular weight excluding hydrogens is 711 g/mol. The Morgan fingerprint density at radius 2 is 0.982 bits per heavy atom. The fourth-order valence-electron chi connectivity index (χ4n) is 9.02. The molecule has 0 spiro atoms. The van der Waals surface area contributed by atoms with E-state index in [1.54, 1.807) is 0 Å². The highest BCUT2D eigenvalue weighted by molar-refractivity contribution is 7.25. The summed E-state index contributed by atoms with van der Waals surface area (Å²) in [5.74, 6) is 0. The molecule has 0 aliphatic heterocycles. The monoisotopic (exact) mass is 743 g/mol. The molecule has 266 valence electrons. The summed E-state index contributed by atoms with van der Waals surface area (Å²) in [6, 6.07) is 64.4. The zero-order chi connectivity index (χ0) is 37.5. The first-order chi connectivity index (χ1) is 28.2. The summed E-state index contributed by atoms with van der Waals surface area (Å²) in [5, 5.41) is 5.06. The number of hydrogen-bond acceptors (Lipinski definition) is 3. The van der Waals surface area contributed by atoms with Gasteiger partial charge in [0.2, 0.25) is 0 Å². The molecule has 0 saturated heterocycles. The van der Waals surface area contributed by atoms with Crippen molar-refractivity contribution in [1.82, 2.24) is 14.5 Å². The maximum absolute atomic E-state index is 4.73. The lowest BCUT2D eigenvalue weighted by molar-refractivity contribution is 1.19. The maximum atomic E-state index is 4.73. The third kappa shape index (κ3) is 5.18. The molecule has 0 unspecified atom stereocenters. The van der Waals surface area contributed by atoms with Gasteiger partial charge < -0.3 is 4.57 Å². The van der Waals surface area contributed by atoms with Gasteiger partial charge in [0, 0.05) is 60.2 Å². The molecule has 4 aromatic heterocycles. The predicted molar refractivity (Wildman–Crippen MR) is 239 cm³/mol. The molecule has 11 aromatic rings. The molecule has 0 atom stereocenters. The van der Waals surface area contributed by atoms with Crippen LogP contribution in [0.1, 0.15) is 11.1 Å². The molecule has 0 radical (unpaired) electrons. The Morgan fingerprint density at radius 1 is 0.386 bits per heavy atom. The van der Waals surface area contributed by atoms with Gasteiger partial charge in [-0.3, -0.25) is 9.97 Å². The van der Waals surface area contributed by atoms with E-state index in [4.69, 9.17) is 4.98 Å². The van der Waals surface area contributed by atoms with Crippen molar-refractivity contribution < 1.29 is 0 Å². The predicted octanol–water partition coefficient (Wildman–Crippen LogP) is 14.2. The Morgan fingerprint density at radius 3 is 1.75 bits per heavy atom. The number of rotatable bonds is 5. The number of aromatic nitrogens is 3. The number of pyridine rings is 2. The summed E-state index contributed by atoms with van der Waals surface area (Å²) < 4.78 is 5.08. The second-order valence-corrected chi connectivity index (χ2v) is 16.1. The van der Waals surface area contributed by atoms with Crippen molar-refractivity contribution >= 4 is 53.3 Å². The Hall–Kier alpha value is -7.14. The molecule has 1 aliphatic carbocycles. The number of nitrogens with zero attached hydrogens (tertiary/aromatic N) is 3. The Labute approximate surface area is 333 Å². The lowest BCUT2D eigenvalue weighted by Crippen LogP contribution is -1.94. The molecule has 12 rings (SSSR count). The van der Waals surface area contributed by atoms with Crippen LogP contribution >= 0.6 is 11.3 Å². The lowest BCUT2D eigenvalue weighted by Gasteiger charge is -2.11. The molecule has 4 heteroatoms. The molecule has 7 aromatic carbocycles. The summed E-state index contributed by atoms with van der Waals surface area (Å²) in [5.41, 5.74) is 17.9. The highest BCUT2D eigenvalue weighted by atomic mass is 32.1. The minimum Gasteiger partial charge on any atom is -0.309 e. The van der Waals surface area contributed by atoms with Crippen molar-refractivity contribution in [3.8, 4) is 61.6 Å². The summed E-state index contributed by atoms with van der Waals surface area (Å²) in [7, 11) is 0. The van der Waals surface area contributed by atoms with Gasteiger partial charge in [0.1, 0.15) is 0 Å². The van der Waals surface area contributed by atoms with E-state index in [9.17, 15) is 0 Å². The van der Waals surface area contributed by atoms with Gasteiger partial charge in [-0.25, -0.2) is 0 Å². The van der Waals surface area contributed by atoms with Crippen LogP contribution in [0.15, 0.2) is 188 Å². The summed E-state index contributed by atoms with van der Waals surface area (Å²) in [6.45, 7) is 0. The van der Waals surface area contributed by atoms with Gasteiger partial charge >= 0.3 is 0 Å². The number of hydrogen-bond donors (Lipinski definition) is 0.